The molecule has 162 valence electrons. The number of nitrogens with one attached hydrogen (secondary N) is 1. The van der Waals surface area contributed by atoms with Gasteiger partial charge in [0.15, 0.2) is 0 Å². The fraction of sp³-hybridized carbons (Fsp3) is 0.136. The number of para-hydroxylation sites is 2. The molecule has 0 saturated carbocycles. The molecular formula is C22H20BrClN2O4S. The highest BCUT2D eigenvalue weighted by atomic mass is 79.9. The van der Waals surface area contributed by atoms with Crippen LogP contribution in [0.15, 0.2) is 82.2 Å². The number of carbonyl (C=O) groups excluding carboxylic acids is 1. The van der Waals surface area contributed by atoms with Gasteiger partial charge >= 0.3 is 0 Å². The smallest absolute Gasteiger partial charge is 0.243 e. The molecule has 31 heavy (non-hydrogen) atoms. The Morgan fingerprint density at radius 2 is 1.68 bits per heavy atom. The normalized spacial score (nSPS) is 11.4. The van der Waals surface area contributed by atoms with E-state index in [9.17, 15) is 13.2 Å². The van der Waals surface area contributed by atoms with Gasteiger partial charge in [-0.05, 0) is 54.1 Å². The first kappa shape index (κ1) is 23.3. The van der Waals surface area contributed by atoms with E-state index in [1.807, 2.05) is 12.1 Å². The van der Waals surface area contributed by atoms with Gasteiger partial charge in [0.1, 0.15) is 5.75 Å². The number of anilines is 1. The van der Waals surface area contributed by atoms with Gasteiger partial charge in [-0.25, -0.2) is 8.42 Å². The fourth-order valence-corrected chi connectivity index (χ4v) is 4.65. The van der Waals surface area contributed by atoms with E-state index in [1.54, 1.807) is 36.4 Å². The molecule has 0 fully saturated rings. The van der Waals surface area contributed by atoms with Crippen LogP contribution in [-0.4, -0.2) is 32.3 Å². The summed E-state index contributed by atoms with van der Waals surface area (Å²) in [4.78, 5) is 12.8. The molecule has 0 aromatic heterocycles. The van der Waals surface area contributed by atoms with Crippen LogP contribution in [-0.2, 0) is 21.4 Å². The van der Waals surface area contributed by atoms with Crippen molar-refractivity contribution in [2.24, 2.45) is 0 Å². The molecule has 0 radical (unpaired) electrons. The molecule has 0 aliphatic carbocycles. The molecule has 0 bridgehead atoms. The van der Waals surface area contributed by atoms with Crippen molar-refractivity contribution in [1.82, 2.24) is 4.31 Å². The Bertz CT molecular complexity index is 1150. The first-order chi connectivity index (χ1) is 14.8. The Kier molecular flexibility index (Phi) is 7.72. The number of halogens is 2. The van der Waals surface area contributed by atoms with Crippen molar-refractivity contribution in [3.8, 4) is 5.75 Å². The highest BCUT2D eigenvalue weighted by Gasteiger charge is 2.27. The minimum atomic E-state index is -3.96. The Labute approximate surface area is 195 Å². The summed E-state index contributed by atoms with van der Waals surface area (Å²) >= 11 is 9.27. The monoisotopic (exact) mass is 522 g/mol. The van der Waals surface area contributed by atoms with E-state index < -0.39 is 15.9 Å². The van der Waals surface area contributed by atoms with Gasteiger partial charge in [-0.15, -0.1) is 0 Å². The fourth-order valence-electron chi connectivity index (χ4n) is 2.87. The van der Waals surface area contributed by atoms with Crippen molar-refractivity contribution in [2.75, 3.05) is 19.0 Å². The number of sulfonamides is 1. The van der Waals surface area contributed by atoms with Crippen LogP contribution >= 0.6 is 27.5 Å². The lowest BCUT2D eigenvalue weighted by atomic mass is 10.2. The van der Waals surface area contributed by atoms with Gasteiger partial charge in [0, 0.05) is 16.0 Å². The van der Waals surface area contributed by atoms with Crippen molar-refractivity contribution in [3.63, 3.8) is 0 Å². The number of hydrogen-bond donors (Lipinski definition) is 1. The third-order valence-corrected chi connectivity index (χ3v) is 7.01. The number of benzene rings is 3. The third kappa shape index (κ3) is 6.07. The summed E-state index contributed by atoms with van der Waals surface area (Å²) in [5.74, 6) is -0.00461. The molecule has 1 amide bonds. The first-order valence-corrected chi connectivity index (χ1v) is 11.8. The van der Waals surface area contributed by atoms with Gasteiger partial charge in [0.05, 0.1) is 24.2 Å². The zero-order valence-corrected chi connectivity index (χ0v) is 19.7. The second kappa shape index (κ2) is 10.3. The molecule has 0 aliphatic heterocycles. The number of nitrogens with zero attached hydrogens (tertiary/aromatic N) is 1. The molecule has 1 N–H and O–H groups in total. The topological polar surface area (TPSA) is 75.7 Å². The summed E-state index contributed by atoms with van der Waals surface area (Å²) in [6.07, 6.45) is 0. The Hall–Kier alpha value is -2.39. The predicted molar refractivity (Wildman–Crippen MR) is 125 cm³/mol. The molecule has 0 spiro atoms. The lowest BCUT2D eigenvalue weighted by molar-refractivity contribution is -0.116. The summed E-state index contributed by atoms with van der Waals surface area (Å²) in [6, 6.07) is 20.0. The number of methoxy groups -OCH3 is 1. The number of ether oxygens (including phenoxy) is 1. The molecular weight excluding hydrogens is 504 g/mol. The van der Waals surface area contributed by atoms with Crippen LogP contribution in [0, 0.1) is 0 Å². The van der Waals surface area contributed by atoms with Gasteiger partial charge in [-0.1, -0.05) is 51.8 Å². The summed E-state index contributed by atoms with van der Waals surface area (Å²) in [5, 5.41) is 3.14. The number of carbonyl (C=O) groups is 1. The average Bonchev–Trinajstić information content (AvgIpc) is 2.75. The van der Waals surface area contributed by atoms with E-state index in [0.717, 1.165) is 14.3 Å². The molecule has 0 heterocycles. The zero-order valence-electron chi connectivity index (χ0n) is 16.6. The van der Waals surface area contributed by atoms with E-state index in [1.165, 1.54) is 31.4 Å². The maximum atomic E-state index is 13.3. The summed E-state index contributed by atoms with van der Waals surface area (Å²) < 4.78 is 33.8. The molecule has 6 nitrogen and oxygen atoms in total. The van der Waals surface area contributed by atoms with Crippen molar-refractivity contribution >= 4 is 49.1 Å². The van der Waals surface area contributed by atoms with Crippen LogP contribution in [0.4, 0.5) is 5.69 Å². The second-order valence-corrected chi connectivity index (χ2v) is 9.89. The lowest BCUT2D eigenvalue weighted by Gasteiger charge is -2.22. The SMILES string of the molecule is COc1ccccc1NC(=O)CN(Cc1ccc(Br)cc1)S(=O)(=O)c1ccc(Cl)cc1. The van der Waals surface area contributed by atoms with Crippen LogP contribution in [0.25, 0.3) is 0 Å². The maximum absolute atomic E-state index is 13.3. The predicted octanol–water partition coefficient (Wildman–Crippen LogP) is 4.94. The number of hydrogen-bond acceptors (Lipinski definition) is 4. The van der Waals surface area contributed by atoms with Gasteiger partial charge in [-0.3, -0.25) is 4.79 Å². The van der Waals surface area contributed by atoms with Gasteiger partial charge in [0.2, 0.25) is 15.9 Å². The Morgan fingerprint density at radius 1 is 1.03 bits per heavy atom. The summed E-state index contributed by atoms with van der Waals surface area (Å²) in [6.45, 7) is -0.351. The van der Waals surface area contributed by atoms with Crippen molar-refractivity contribution in [3.05, 3.63) is 87.9 Å². The Balaban J connectivity index is 1.88. The van der Waals surface area contributed by atoms with Crippen molar-refractivity contribution < 1.29 is 17.9 Å². The van der Waals surface area contributed by atoms with E-state index >= 15 is 0 Å². The van der Waals surface area contributed by atoms with E-state index in [4.69, 9.17) is 16.3 Å². The summed E-state index contributed by atoms with van der Waals surface area (Å²) in [5.41, 5.74) is 1.20. The highest BCUT2D eigenvalue weighted by molar-refractivity contribution is 9.10. The average molecular weight is 524 g/mol. The summed E-state index contributed by atoms with van der Waals surface area (Å²) in [7, 11) is -2.46. The minimum Gasteiger partial charge on any atom is -0.495 e. The molecule has 3 rings (SSSR count). The molecule has 3 aromatic carbocycles. The van der Waals surface area contributed by atoms with Crippen LogP contribution < -0.4 is 10.1 Å². The van der Waals surface area contributed by atoms with Gasteiger partial charge < -0.3 is 10.1 Å². The largest absolute Gasteiger partial charge is 0.495 e. The van der Waals surface area contributed by atoms with E-state index in [2.05, 4.69) is 21.2 Å². The molecule has 0 unspecified atom stereocenters. The van der Waals surface area contributed by atoms with Gasteiger partial charge in [-0.2, -0.15) is 4.31 Å². The molecule has 9 heteroatoms. The quantitative estimate of drug-likeness (QED) is 0.454. The highest BCUT2D eigenvalue weighted by Crippen LogP contribution is 2.24. The second-order valence-electron chi connectivity index (χ2n) is 6.60. The van der Waals surface area contributed by atoms with Crippen LogP contribution in [0.3, 0.4) is 0 Å². The van der Waals surface area contributed by atoms with Crippen LogP contribution in [0.1, 0.15) is 5.56 Å². The number of amides is 1. The Morgan fingerprint density at radius 3 is 2.32 bits per heavy atom. The minimum absolute atomic E-state index is 0.0254. The van der Waals surface area contributed by atoms with Crippen LogP contribution in [0.5, 0.6) is 5.75 Å². The lowest BCUT2D eigenvalue weighted by Crippen LogP contribution is -2.37. The standard InChI is InChI=1S/C22H20BrClN2O4S/c1-30-21-5-3-2-4-20(21)25-22(27)15-26(14-16-6-8-17(23)9-7-16)31(28,29)19-12-10-18(24)11-13-19/h2-13H,14-15H2,1H3,(H,25,27). The van der Waals surface area contributed by atoms with Crippen LogP contribution in [0.2, 0.25) is 5.02 Å². The van der Waals surface area contributed by atoms with E-state index in [-0.39, 0.29) is 18.0 Å². The molecule has 0 atom stereocenters. The van der Waals surface area contributed by atoms with Crippen molar-refractivity contribution in [2.45, 2.75) is 11.4 Å². The first-order valence-electron chi connectivity index (χ1n) is 9.22. The van der Waals surface area contributed by atoms with Gasteiger partial charge in [0.25, 0.3) is 0 Å². The maximum Gasteiger partial charge on any atom is 0.243 e. The zero-order chi connectivity index (χ0) is 22.4. The molecule has 0 saturated heterocycles. The van der Waals surface area contributed by atoms with E-state index in [0.29, 0.717) is 16.5 Å². The molecule has 0 aliphatic rings. The molecule has 3 aromatic rings. The number of rotatable bonds is 8. The third-order valence-electron chi connectivity index (χ3n) is 4.42. The van der Waals surface area contributed by atoms with Crippen molar-refractivity contribution in [1.29, 1.82) is 0 Å².